The van der Waals surface area contributed by atoms with Gasteiger partial charge in [0.2, 0.25) is 0 Å². The van der Waals surface area contributed by atoms with Gasteiger partial charge >= 0.3 is 5.97 Å². The Morgan fingerprint density at radius 3 is 2.47 bits per heavy atom. The largest absolute Gasteiger partial charge is 0.362 e. The third-order valence-electron chi connectivity index (χ3n) is 2.25. The van der Waals surface area contributed by atoms with Crippen molar-refractivity contribution in [2.75, 3.05) is 5.48 Å². The molecule has 0 aliphatic carbocycles. The van der Waals surface area contributed by atoms with E-state index < -0.39 is 22.6 Å². The molecule has 0 aliphatic rings. The molecule has 0 amide bonds. The SMILES string of the molecule is O=C(ONc1cc(F)c(F)c(Cl)c1)c1ccccc1. The molecule has 2 aromatic carbocycles. The van der Waals surface area contributed by atoms with Crippen LogP contribution in [0.1, 0.15) is 10.4 Å². The van der Waals surface area contributed by atoms with Gasteiger partial charge < -0.3 is 4.84 Å². The molecule has 0 radical (unpaired) electrons. The zero-order chi connectivity index (χ0) is 13.8. The van der Waals surface area contributed by atoms with Crippen LogP contribution in [0.5, 0.6) is 0 Å². The molecule has 2 rings (SSSR count). The van der Waals surface area contributed by atoms with E-state index in [4.69, 9.17) is 16.4 Å². The predicted octanol–water partition coefficient (Wildman–Crippen LogP) is 3.80. The summed E-state index contributed by atoms with van der Waals surface area (Å²) in [5.41, 5.74) is 2.57. The van der Waals surface area contributed by atoms with Gasteiger partial charge in [-0.25, -0.2) is 19.1 Å². The third-order valence-corrected chi connectivity index (χ3v) is 2.53. The molecule has 0 unspecified atom stereocenters. The van der Waals surface area contributed by atoms with E-state index in [0.29, 0.717) is 5.56 Å². The van der Waals surface area contributed by atoms with Crippen LogP contribution in [0, 0.1) is 11.6 Å². The first-order chi connectivity index (χ1) is 9.08. The van der Waals surface area contributed by atoms with Gasteiger partial charge in [0.15, 0.2) is 11.6 Å². The summed E-state index contributed by atoms with van der Waals surface area (Å²) in [4.78, 5) is 16.3. The van der Waals surface area contributed by atoms with Crippen LogP contribution >= 0.6 is 11.6 Å². The molecule has 2 aromatic rings. The van der Waals surface area contributed by atoms with Crippen molar-refractivity contribution < 1.29 is 18.4 Å². The highest BCUT2D eigenvalue weighted by Gasteiger charge is 2.11. The normalized spacial score (nSPS) is 10.1. The van der Waals surface area contributed by atoms with Crippen LogP contribution in [-0.2, 0) is 4.84 Å². The van der Waals surface area contributed by atoms with Crippen LogP contribution in [0.2, 0.25) is 5.02 Å². The highest BCUT2D eigenvalue weighted by Crippen LogP contribution is 2.22. The molecule has 0 saturated carbocycles. The number of benzene rings is 2. The summed E-state index contributed by atoms with van der Waals surface area (Å²) in [5, 5.41) is -0.404. The molecule has 0 aromatic heterocycles. The molecule has 0 heterocycles. The molecule has 1 N–H and O–H groups in total. The van der Waals surface area contributed by atoms with Crippen molar-refractivity contribution in [1.82, 2.24) is 0 Å². The van der Waals surface area contributed by atoms with Gasteiger partial charge in [0.05, 0.1) is 16.3 Å². The van der Waals surface area contributed by atoms with Gasteiger partial charge in [-0.3, -0.25) is 0 Å². The fraction of sp³-hybridized carbons (Fsp3) is 0. The Kier molecular flexibility index (Phi) is 3.97. The van der Waals surface area contributed by atoms with Crippen molar-refractivity contribution in [2.24, 2.45) is 0 Å². The second-order valence-electron chi connectivity index (χ2n) is 3.61. The number of carbonyl (C=O) groups is 1. The Hall–Kier alpha value is -2.14. The van der Waals surface area contributed by atoms with Crippen LogP contribution in [0.15, 0.2) is 42.5 Å². The average Bonchev–Trinajstić information content (AvgIpc) is 2.43. The van der Waals surface area contributed by atoms with Crippen LogP contribution in [-0.4, -0.2) is 5.97 Å². The Balaban J connectivity index is 2.05. The Morgan fingerprint density at radius 2 is 1.84 bits per heavy atom. The first kappa shape index (κ1) is 13.3. The number of hydrogen-bond donors (Lipinski definition) is 1. The molecule has 0 saturated heterocycles. The summed E-state index contributed by atoms with van der Waals surface area (Å²) in [6.07, 6.45) is 0. The van der Waals surface area contributed by atoms with Gasteiger partial charge in [0.25, 0.3) is 0 Å². The van der Waals surface area contributed by atoms with Crippen LogP contribution in [0.3, 0.4) is 0 Å². The number of carbonyl (C=O) groups excluding carboxylic acids is 1. The minimum atomic E-state index is -1.15. The van der Waals surface area contributed by atoms with Gasteiger partial charge in [-0.05, 0) is 18.2 Å². The summed E-state index contributed by atoms with van der Waals surface area (Å²) < 4.78 is 26.0. The molecular formula is C13H8ClF2NO2. The monoisotopic (exact) mass is 283 g/mol. The quantitative estimate of drug-likeness (QED) is 0.688. The molecule has 0 bridgehead atoms. The number of hydrogen-bond acceptors (Lipinski definition) is 3. The standard InChI is InChI=1S/C13H8ClF2NO2/c14-10-6-9(7-11(15)12(10)16)17-19-13(18)8-4-2-1-3-5-8/h1-7,17H. The summed E-state index contributed by atoms with van der Waals surface area (Å²) in [6.45, 7) is 0. The fourth-order valence-electron chi connectivity index (χ4n) is 1.35. The second-order valence-corrected chi connectivity index (χ2v) is 4.02. The van der Waals surface area contributed by atoms with E-state index in [0.717, 1.165) is 12.1 Å². The first-order valence-corrected chi connectivity index (χ1v) is 5.62. The summed E-state index contributed by atoms with van der Waals surface area (Å²) in [6, 6.07) is 10.2. The number of anilines is 1. The van der Waals surface area contributed by atoms with E-state index in [9.17, 15) is 13.6 Å². The summed E-state index contributed by atoms with van der Waals surface area (Å²) >= 11 is 5.46. The molecular weight excluding hydrogens is 276 g/mol. The zero-order valence-corrected chi connectivity index (χ0v) is 10.2. The van der Waals surface area contributed by atoms with E-state index in [1.165, 1.54) is 0 Å². The van der Waals surface area contributed by atoms with Crippen LogP contribution in [0.25, 0.3) is 0 Å². The zero-order valence-electron chi connectivity index (χ0n) is 9.49. The summed E-state index contributed by atoms with van der Waals surface area (Å²) in [5.74, 6) is -2.94. The molecule has 3 nitrogen and oxygen atoms in total. The topological polar surface area (TPSA) is 38.3 Å². The van der Waals surface area contributed by atoms with Crippen molar-refractivity contribution in [1.29, 1.82) is 0 Å². The van der Waals surface area contributed by atoms with Crippen molar-refractivity contribution in [3.63, 3.8) is 0 Å². The van der Waals surface area contributed by atoms with Crippen LogP contribution in [0.4, 0.5) is 14.5 Å². The van der Waals surface area contributed by atoms with Gasteiger partial charge in [-0.2, -0.15) is 0 Å². The highest BCUT2D eigenvalue weighted by atomic mass is 35.5. The molecule has 98 valence electrons. The van der Waals surface area contributed by atoms with Crippen molar-refractivity contribution in [2.45, 2.75) is 0 Å². The van der Waals surface area contributed by atoms with Gasteiger partial charge in [-0.15, -0.1) is 0 Å². The molecule has 0 spiro atoms. The maximum Gasteiger partial charge on any atom is 0.362 e. The smallest absolute Gasteiger partial charge is 0.338 e. The van der Waals surface area contributed by atoms with E-state index in [-0.39, 0.29) is 5.69 Å². The summed E-state index contributed by atoms with van der Waals surface area (Å²) in [7, 11) is 0. The number of halogens is 3. The lowest BCUT2D eigenvalue weighted by molar-refractivity contribution is 0.0596. The lowest BCUT2D eigenvalue weighted by atomic mass is 10.2. The first-order valence-electron chi connectivity index (χ1n) is 5.24. The Labute approximate surface area is 112 Å². The minimum absolute atomic E-state index is 0.0354. The van der Waals surface area contributed by atoms with Crippen molar-refractivity contribution in [3.05, 3.63) is 64.7 Å². The van der Waals surface area contributed by atoms with Gasteiger partial charge in [0.1, 0.15) is 0 Å². The van der Waals surface area contributed by atoms with E-state index >= 15 is 0 Å². The highest BCUT2D eigenvalue weighted by molar-refractivity contribution is 6.31. The van der Waals surface area contributed by atoms with Gasteiger partial charge in [0, 0.05) is 6.07 Å². The molecule has 19 heavy (non-hydrogen) atoms. The fourth-order valence-corrected chi connectivity index (χ4v) is 1.56. The maximum absolute atomic E-state index is 13.0. The van der Waals surface area contributed by atoms with E-state index in [2.05, 4.69) is 5.48 Å². The minimum Gasteiger partial charge on any atom is -0.338 e. The van der Waals surface area contributed by atoms with Crippen molar-refractivity contribution >= 4 is 23.3 Å². The van der Waals surface area contributed by atoms with E-state index in [1.54, 1.807) is 30.3 Å². The van der Waals surface area contributed by atoms with Gasteiger partial charge in [-0.1, -0.05) is 29.8 Å². The Morgan fingerprint density at radius 1 is 1.16 bits per heavy atom. The third kappa shape index (κ3) is 3.20. The number of rotatable bonds is 3. The molecule has 6 heteroatoms. The lowest BCUT2D eigenvalue weighted by Gasteiger charge is -2.07. The average molecular weight is 284 g/mol. The number of nitrogens with one attached hydrogen (secondary N) is 1. The molecule has 0 atom stereocenters. The Bertz CT molecular complexity index is 582. The second kappa shape index (κ2) is 5.67. The van der Waals surface area contributed by atoms with Crippen molar-refractivity contribution in [3.8, 4) is 0 Å². The molecule has 0 fully saturated rings. The predicted molar refractivity (Wildman–Crippen MR) is 66.8 cm³/mol. The maximum atomic E-state index is 13.0. The van der Waals surface area contributed by atoms with Crippen LogP contribution < -0.4 is 5.48 Å². The molecule has 0 aliphatic heterocycles. The van der Waals surface area contributed by atoms with E-state index in [1.807, 2.05) is 0 Å². The lowest BCUT2D eigenvalue weighted by Crippen LogP contribution is -2.11.